The first-order valence-electron chi connectivity index (χ1n) is 7.71. The quantitative estimate of drug-likeness (QED) is 0.946. The fraction of sp³-hybridized carbons (Fsp3) is 0.412. The zero-order valence-corrected chi connectivity index (χ0v) is 12.8. The third-order valence-corrected chi connectivity index (χ3v) is 3.96. The molecule has 1 aliphatic heterocycles. The summed E-state index contributed by atoms with van der Waals surface area (Å²) in [7, 11) is 1.80. The number of carbonyl (C=O) groups is 1. The number of hydrogen-bond donors (Lipinski definition) is 1. The first kappa shape index (κ1) is 14.8. The number of urea groups is 1. The van der Waals surface area contributed by atoms with E-state index in [1.165, 1.54) is 6.42 Å². The van der Waals surface area contributed by atoms with Crippen molar-refractivity contribution in [2.24, 2.45) is 0 Å². The summed E-state index contributed by atoms with van der Waals surface area (Å²) in [5.74, 6) is 0. The Balaban J connectivity index is 1.61. The molecular formula is C17H21N3O2. The fourth-order valence-electron chi connectivity index (χ4n) is 2.70. The van der Waals surface area contributed by atoms with E-state index < -0.39 is 0 Å². The van der Waals surface area contributed by atoms with E-state index in [1.807, 2.05) is 30.3 Å². The van der Waals surface area contributed by atoms with E-state index in [1.54, 1.807) is 18.1 Å². The minimum atomic E-state index is -0.121. The number of fused-ring (bicyclic) bond motifs is 1. The molecule has 0 spiro atoms. The number of ether oxygens (including phenoxy) is 1. The van der Waals surface area contributed by atoms with Gasteiger partial charge in [-0.1, -0.05) is 12.1 Å². The number of anilines is 1. The van der Waals surface area contributed by atoms with Crippen LogP contribution in [0.5, 0.6) is 0 Å². The van der Waals surface area contributed by atoms with Gasteiger partial charge in [0.2, 0.25) is 0 Å². The molecule has 5 nitrogen and oxygen atoms in total. The lowest BCUT2D eigenvalue weighted by molar-refractivity contribution is 0.00463. The van der Waals surface area contributed by atoms with Crippen molar-refractivity contribution in [2.75, 3.05) is 25.5 Å². The molecule has 0 bridgehead atoms. The van der Waals surface area contributed by atoms with Crippen molar-refractivity contribution in [1.29, 1.82) is 0 Å². The second-order valence-electron chi connectivity index (χ2n) is 5.71. The predicted octanol–water partition coefficient (Wildman–Crippen LogP) is 3.27. The minimum Gasteiger partial charge on any atom is -0.376 e. The molecule has 1 aromatic heterocycles. The van der Waals surface area contributed by atoms with Crippen molar-refractivity contribution >= 4 is 22.6 Å². The summed E-state index contributed by atoms with van der Waals surface area (Å²) in [4.78, 5) is 18.2. The fourth-order valence-corrected chi connectivity index (χ4v) is 2.70. The first-order chi connectivity index (χ1) is 10.7. The molecule has 22 heavy (non-hydrogen) atoms. The van der Waals surface area contributed by atoms with Gasteiger partial charge in [-0.25, -0.2) is 4.79 Å². The number of likely N-dealkylation sites (N-methyl/N-ethyl adjacent to an activating group) is 1. The second-order valence-corrected chi connectivity index (χ2v) is 5.71. The number of nitrogens with one attached hydrogen (secondary N) is 1. The normalized spacial score (nSPS) is 18.1. The molecule has 0 unspecified atom stereocenters. The molecular weight excluding hydrogens is 278 g/mol. The van der Waals surface area contributed by atoms with Crippen LogP contribution in [0.25, 0.3) is 10.9 Å². The molecule has 2 heterocycles. The molecule has 1 aliphatic rings. The number of hydrogen-bond acceptors (Lipinski definition) is 3. The monoisotopic (exact) mass is 299 g/mol. The lowest BCUT2D eigenvalue weighted by atomic mass is 10.1. The molecule has 0 aliphatic carbocycles. The molecule has 1 fully saturated rings. The Morgan fingerprint density at radius 3 is 3.14 bits per heavy atom. The van der Waals surface area contributed by atoms with Crippen LogP contribution in [0.15, 0.2) is 36.5 Å². The van der Waals surface area contributed by atoms with Crippen molar-refractivity contribution in [3.8, 4) is 0 Å². The Kier molecular flexibility index (Phi) is 4.53. The van der Waals surface area contributed by atoms with Crippen LogP contribution in [0.2, 0.25) is 0 Å². The highest BCUT2D eigenvalue weighted by Gasteiger charge is 2.18. The van der Waals surface area contributed by atoms with Crippen molar-refractivity contribution in [3.63, 3.8) is 0 Å². The van der Waals surface area contributed by atoms with Gasteiger partial charge in [0.05, 0.1) is 11.6 Å². The van der Waals surface area contributed by atoms with Crippen molar-refractivity contribution in [1.82, 2.24) is 9.88 Å². The molecule has 1 N–H and O–H groups in total. The highest BCUT2D eigenvalue weighted by atomic mass is 16.5. The van der Waals surface area contributed by atoms with Gasteiger partial charge >= 0.3 is 6.03 Å². The molecule has 0 saturated carbocycles. The maximum Gasteiger partial charge on any atom is 0.321 e. The second kappa shape index (κ2) is 6.75. The predicted molar refractivity (Wildman–Crippen MR) is 87.0 cm³/mol. The maximum atomic E-state index is 12.3. The number of rotatable bonds is 3. The number of pyridine rings is 1. The van der Waals surface area contributed by atoms with E-state index >= 15 is 0 Å². The summed E-state index contributed by atoms with van der Waals surface area (Å²) >= 11 is 0. The minimum absolute atomic E-state index is 0.121. The molecule has 2 aromatic rings. The van der Waals surface area contributed by atoms with E-state index in [2.05, 4.69) is 10.3 Å². The standard InChI is InChI=1S/C17H21N3O2/c1-20(12-15-6-2-3-10-22-15)17(21)19-14-8-7-13-5-4-9-18-16(13)11-14/h4-5,7-9,11,15H,2-3,6,10,12H2,1H3,(H,19,21)/t15-/m1/s1. The summed E-state index contributed by atoms with van der Waals surface area (Å²) < 4.78 is 5.67. The molecule has 0 radical (unpaired) electrons. The summed E-state index contributed by atoms with van der Waals surface area (Å²) in [5, 5.41) is 3.97. The Morgan fingerprint density at radius 2 is 2.32 bits per heavy atom. The Bertz CT molecular complexity index is 653. The van der Waals surface area contributed by atoms with Gasteiger partial charge in [0.1, 0.15) is 0 Å². The SMILES string of the molecule is CN(C[C@H]1CCCCO1)C(=O)Nc1ccc2cccnc2c1. The van der Waals surface area contributed by atoms with Crippen molar-refractivity contribution in [3.05, 3.63) is 36.5 Å². The van der Waals surface area contributed by atoms with Gasteiger partial charge in [-0.2, -0.15) is 0 Å². The van der Waals surface area contributed by atoms with Gasteiger partial charge in [-0.15, -0.1) is 0 Å². The van der Waals surface area contributed by atoms with E-state index in [-0.39, 0.29) is 12.1 Å². The average molecular weight is 299 g/mol. The van der Waals surface area contributed by atoms with E-state index in [9.17, 15) is 4.79 Å². The summed E-state index contributed by atoms with van der Waals surface area (Å²) in [6.07, 6.45) is 5.23. The summed E-state index contributed by atoms with van der Waals surface area (Å²) in [6.45, 7) is 1.42. The zero-order chi connectivity index (χ0) is 15.4. The van der Waals surface area contributed by atoms with Crippen LogP contribution < -0.4 is 5.32 Å². The van der Waals surface area contributed by atoms with Crippen LogP contribution in [0, 0.1) is 0 Å². The van der Waals surface area contributed by atoms with Crippen LogP contribution in [-0.4, -0.2) is 42.2 Å². The van der Waals surface area contributed by atoms with Crippen LogP contribution in [0.4, 0.5) is 10.5 Å². The van der Waals surface area contributed by atoms with Gasteiger partial charge in [0.15, 0.2) is 0 Å². The zero-order valence-electron chi connectivity index (χ0n) is 12.8. The number of aromatic nitrogens is 1. The summed E-state index contributed by atoms with van der Waals surface area (Å²) in [5.41, 5.74) is 1.63. The molecule has 1 aromatic carbocycles. The number of nitrogens with zero attached hydrogens (tertiary/aromatic N) is 2. The Hall–Kier alpha value is -2.14. The first-order valence-corrected chi connectivity index (χ1v) is 7.71. The molecule has 3 rings (SSSR count). The van der Waals surface area contributed by atoms with Gasteiger partial charge in [-0.3, -0.25) is 4.98 Å². The molecule has 2 amide bonds. The molecule has 1 atom stereocenters. The van der Waals surface area contributed by atoms with Gasteiger partial charge in [-0.05, 0) is 37.5 Å². The topological polar surface area (TPSA) is 54.5 Å². The number of carbonyl (C=O) groups excluding carboxylic acids is 1. The van der Waals surface area contributed by atoms with Crippen molar-refractivity contribution in [2.45, 2.75) is 25.4 Å². The van der Waals surface area contributed by atoms with Crippen LogP contribution in [-0.2, 0) is 4.74 Å². The molecule has 1 saturated heterocycles. The average Bonchev–Trinajstić information content (AvgIpc) is 2.55. The van der Waals surface area contributed by atoms with E-state index in [0.29, 0.717) is 6.54 Å². The van der Waals surface area contributed by atoms with E-state index in [0.717, 1.165) is 36.0 Å². The van der Waals surface area contributed by atoms with Crippen LogP contribution >= 0.6 is 0 Å². The molecule has 5 heteroatoms. The Morgan fingerprint density at radius 1 is 1.41 bits per heavy atom. The van der Waals surface area contributed by atoms with Crippen LogP contribution in [0.1, 0.15) is 19.3 Å². The van der Waals surface area contributed by atoms with Crippen LogP contribution in [0.3, 0.4) is 0 Å². The van der Waals surface area contributed by atoms with Gasteiger partial charge < -0.3 is 15.0 Å². The third kappa shape index (κ3) is 3.54. The largest absolute Gasteiger partial charge is 0.376 e. The smallest absolute Gasteiger partial charge is 0.321 e. The van der Waals surface area contributed by atoms with E-state index in [4.69, 9.17) is 4.74 Å². The highest BCUT2D eigenvalue weighted by molar-refractivity contribution is 5.92. The molecule has 116 valence electrons. The lowest BCUT2D eigenvalue weighted by Crippen LogP contribution is -2.39. The summed E-state index contributed by atoms with van der Waals surface area (Å²) in [6, 6.07) is 9.52. The number of amides is 2. The van der Waals surface area contributed by atoms with Gasteiger partial charge in [0.25, 0.3) is 0 Å². The highest BCUT2D eigenvalue weighted by Crippen LogP contribution is 2.18. The van der Waals surface area contributed by atoms with Crippen molar-refractivity contribution < 1.29 is 9.53 Å². The number of benzene rings is 1. The lowest BCUT2D eigenvalue weighted by Gasteiger charge is -2.27. The Labute approximate surface area is 130 Å². The third-order valence-electron chi connectivity index (χ3n) is 3.96. The maximum absolute atomic E-state index is 12.3. The van der Waals surface area contributed by atoms with Gasteiger partial charge in [0, 0.05) is 37.5 Å².